The van der Waals surface area contributed by atoms with Gasteiger partial charge in [0.05, 0.1) is 10.0 Å². The van der Waals surface area contributed by atoms with E-state index in [4.69, 9.17) is 10.5 Å². The van der Waals surface area contributed by atoms with Crippen LogP contribution in [0.2, 0.25) is 0 Å². The van der Waals surface area contributed by atoms with Crippen LogP contribution < -0.4 is 10.5 Å². The molecular formula is C14H10BrF4NO. The lowest BCUT2D eigenvalue weighted by atomic mass is 10.2. The first-order chi connectivity index (χ1) is 9.82. The van der Waals surface area contributed by atoms with Gasteiger partial charge in [0.25, 0.3) is 0 Å². The Labute approximate surface area is 126 Å². The summed E-state index contributed by atoms with van der Waals surface area (Å²) >= 11 is 3.01. The van der Waals surface area contributed by atoms with E-state index >= 15 is 0 Å². The molecule has 0 radical (unpaired) electrons. The van der Waals surface area contributed by atoms with Crippen molar-refractivity contribution in [1.29, 1.82) is 0 Å². The van der Waals surface area contributed by atoms with Gasteiger partial charge in [0.1, 0.15) is 17.3 Å². The minimum atomic E-state index is -4.44. The van der Waals surface area contributed by atoms with Gasteiger partial charge in [-0.3, -0.25) is 0 Å². The molecule has 0 aromatic heterocycles. The molecule has 0 atom stereocenters. The van der Waals surface area contributed by atoms with Crippen LogP contribution in [-0.4, -0.2) is 0 Å². The van der Waals surface area contributed by atoms with E-state index in [1.54, 1.807) is 0 Å². The fraction of sp³-hybridized carbons (Fsp3) is 0.143. The molecule has 2 rings (SSSR count). The molecule has 0 saturated heterocycles. The van der Waals surface area contributed by atoms with Crippen molar-refractivity contribution in [3.05, 3.63) is 57.8 Å². The first kappa shape index (κ1) is 15.8. The van der Waals surface area contributed by atoms with E-state index in [1.807, 2.05) is 0 Å². The molecule has 0 bridgehead atoms. The van der Waals surface area contributed by atoms with E-state index in [0.29, 0.717) is 0 Å². The summed E-state index contributed by atoms with van der Waals surface area (Å²) in [6.45, 7) is -0.0831. The minimum Gasteiger partial charge on any atom is -0.456 e. The third-order valence-corrected chi connectivity index (χ3v) is 3.38. The zero-order valence-corrected chi connectivity index (χ0v) is 12.1. The fourth-order valence-corrected chi connectivity index (χ4v) is 2.17. The summed E-state index contributed by atoms with van der Waals surface area (Å²) in [6.07, 6.45) is -4.44. The van der Waals surface area contributed by atoms with Crippen LogP contribution in [0, 0.1) is 5.82 Å². The maximum atomic E-state index is 13.6. The van der Waals surface area contributed by atoms with Gasteiger partial charge in [-0.15, -0.1) is 0 Å². The number of halogens is 5. The molecular weight excluding hydrogens is 354 g/mol. The lowest BCUT2D eigenvalue weighted by Crippen LogP contribution is -2.05. The van der Waals surface area contributed by atoms with Crippen molar-refractivity contribution >= 4 is 15.9 Å². The molecule has 7 heteroatoms. The molecule has 0 fully saturated rings. The average molecular weight is 364 g/mol. The predicted octanol–water partition coefficient (Wildman–Crippen LogP) is 4.86. The number of rotatable bonds is 3. The van der Waals surface area contributed by atoms with Gasteiger partial charge in [-0.25, -0.2) is 4.39 Å². The summed E-state index contributed by atoms with van der Waals surface area (Å²) in [5, 5.41) is 0. The second-order valence-corrected chi connectivity index (χ2v) is 5.02. The van der Waals surface area contributed by atoms with Gasteiger partial charge in [-0.05, 0) is 46.3 Å². The van der Waals surface area contributed by atoms with E-state index < -0.39 is 17.6 Å². The number of nitrogens with two attached hydrogens (primary N) is 1. The highest BCUT2D eigenvalue weighted by atomic mass is 79.9. The number of hydrogen-bond acceptors (Lipinski definition) is 2. The van der Waals surface area contributed by atoms with Crippen LogP contribution in [0.1, 0.15) is 11.1 Å². The summed E-state index contributed by atoms with van der Waals surface area (Å²) in [4.78, 5) is 0. The largest absolute Gasteiger partial charge is 0.456 e. The Morgan fingerprint density at radius 2 is 1.81 bits per heavy atom. The average Bonchev–Trinajstić information content (AvgIpc) is 2.40. The molecule has 112 valence electrons. The van der Waals surface area contributed by atoms with E-state index in [1.165, 1.54) is 18.2 Å². The third kappa shape index (κ3) is 3.54. The molecule has 0 spiro atoms. The van der Waals surface area contributed by atoms with Crippen LogP contribution in [0.3, 0.4) is 0 Å². The molecule has 0 aliphatic carbocycles. The summed E-state index contributed by atoms with van der Waals surface area (Å²) in [7, 11) is 0. The fourth-order valence-electron chi connectivity index (χ4n) is 1.71. The van der Waals surface area contributed by atoms with E-state index in [2.05, 4.69) is 15.9 Å². The van der Waals surface area contributed by atoms with Crippen molar-refractivity contribution in [2.45, 2.75) is 12.7 Å². The Balaban J connectivity index is 2.35. The Bertz CT molecular complexity index is 658. The first-order valence-corrected chi connectivity index (χ1v) is 6.64. The predicted molar refractivity (Wildman–Crippen MR) is 73.5 cm³/mol. The molecule has 2 nitrogen and oxygen atoms in total. The van der Waals surface area contributed by atoms with Crippen LogP contribution in [0.4, 0.5) is 17.6 Å². The molecule has 2 N–H and O–H groups in total. The van der Waals surface area contributed by atoms with Crippen molar-refractivity contribution in [3.63, 3.8) is 0 Å². The van der Waals surface area contributed by atoms with Crippen molar-refractivity contribution in [2.24, 2.45) is 5.73 Å². The number of hydrogen-bond donors (Lipinski definition) is 1. The SMILES string of the molecule is NCc1c(F)cccc1Oc1ccc(C(F)(F)F)cc1Br. The zero-order chi connectivity index (χ0) is 15.6. The summed E-state index contributed by atoms with van der Waals surface area (Å²) in [5.41, 5.74) is 4.80. The van der Waals surface area contributed by atoms with E-state index in [0.717, 1.165) is 18.2 Å². The second kappa shape index (κ2) is 6.03. The molecule has 2 aromatic rings. The first-order valence-electron chi connectivity index (χ1n) is 5.85. The van der Waals surface area contributed by atoms with Gasteiger partial charge in [-0.1, -0.05) is 6.07 Å². The Kier molecular flexibility index (Phi) is 4.53. The zero-order valence-electron chi connectivity index (χ0n) is 10.5. The van der Waals surface area contributed by atoms with Crippen LogP contribution in [0.15, 0.2) is 40.9 Å². The summed E-state index contributed by atoms with van der Waals surface area (Å²) in [5.74, 6) is -0.223. The van der Waals surface area contributed by atoms with Crippen LogP contribution in [-0.2, 0) is 12.7 Å². The normalized spacial score (nSPS) is 11.5. The summed E-state index contributed by atoms with van der Waals surface area (Å²) in [6, 6.07) is 7.12. The van der Waals surface area contributed by atoms with Crippen LogP contribution in [0.25, 0.3) is 0 Å². The molecule has 0 unspecified atom stereocenters. The standard InChI is InChI=1S/C14H10BrF4NO/c15-10-6-8(14(17,18)19)4-5-13(10)21-12-3-1-2-11(16)9(12)7-20/h1-6H,7,20H2. The highest BCUT2D eigenvalue weighted by Gasteiger charge is 2.31. The maximum Gasteiger partial charge on any atom is 0.416 e. The molecule has 2 aromatic carbocycles. The number of ether oxygens (including phenoxy) is 1. The molecule has 0 heterocycles. The molecule has 21 heavy (non-hydrogen) atoms. The Hall–Kier alpha value is -1.60. The lowest BCUT2D eigenvalue weighted by Gasteiger charge is -2.13. The van der Waals surface area contributed by atoms with Crippen molar-refractivity contribution in [1.82, 2.24) is 0 Å². The molecule has 0 aliphatic heterocycles. The number of alkyl halides is 3. The monoisotopic (exact) mass is 363 g/mol. The van der Waals surface area contributed by atoms with Crippen molar-refractivity contribution in [3.8, 4) is 11.5 Å². The topological polar surface area (TPSA) is 35.2 Å². The third-order valence-electron chi connectivity index (χ3n) is 2.76. The smallest absolute Gasteiger partial charge is 0.416 e. The highest BCUT2D eigenvalue weighted by molar-refractivity contribution is 9.10. The van der Waals surface area contributed by atoms with Gasteiger partial charge >= 0.3 is 6.18 Å². The minimum absolute atomic E-state index is 0.0831. The number of benzene rings is 2. The lowest BCUT2D eigenvalue weighted by molar-refractivity contribution is -0.137. The summed E-state index contributed by atoms with van der Waals surface area (Å²) < 4.78 is 56.8. The van der Waals surface area contributed by atoms with Gasteiger partial charge in [0.2, 0.25) is 0 Å². The van der Waals surface area contributed by atoms with Crippen LogP contribution in [0.5, 0.6) is 11.5 Å². The molecule has 0 aliphatic rings. The van der Waals surface area contributed by atoms with Gasteiger partial charge < -0.3 is 10.5 Å². The van der Waals surface area contributed by atoms with Crippen molar-refractivity contribution < 1.29 is 22.3 Å². The maximum absolute atomic E-state index is 13.6. The Morgan fingerprint density at radius 3 is 2.38 bits per heavy atom. The van der Waals surface area contributed by atoms with Gasteiger partial charge in [-0.2, -0.15) is 13.2 Å². The van der Waals surface area contributed by atoms with Gasteiger partial charge in [0.15, 0.2) is 0 Å². The molecule has 0 saturated carbocycles. The van der Waals surface area contributed by atoms with Gasteiger partial charge in [0, 0.05) is 12.1 Å². The molecule has 0 amide bonds. The highest BCUT2D eigenvalue weighted by Crippen LogP contribution is 2.37. The van der Waals surface area contributed by atoms with E-state index in [-0.39, 0.29) is 28.1 Å². The van der Waals surface area contributed by atoms with Crippen molar-refractivity contribution in [2.75, 3.05) is 0 Å². The van der Waals surface area contributed by atoms with Crippen LogP contribution >= 0.6 is 15.9 Å². The Morgan fingerprint density at radius 1 is 1.10 bits per heavy atom. The van der Waals surface area contributed by atoms with E-state index in [9.17, 15) is 17.6 Å². The second-order valence-electron chi connectivity index (χ2n) is 4.17. The quantitative estimate of drug-likeness (QED) is 0.790.